The lowest BCUT2D eigenvalue weighted by atomic mass is 9.89. The zero-order valence-corrected chi connectivity index (χ0v) is 8.35. The highest BCUT2D eigenvalue weighted by Gasteiger charge is 2.55. The number of nitrogens with two attached hydrogens (primary N) is 1. The van der Waals surface area contributed by atoms with E-state index in [1.807, 2.05) is 0 Å². The van der Waals surface area contributed by atoms with Crippen molar-refractivity contribution in [2.75, 3.05) is 13.2 Å². The molecule has 1 aliphatic heterocycles. The van der Waals surface area contributed by atoms with Gasteiger partial charge in [0.05, 0.1) is 12.6 Å². The second kappa shape index (κ2) is 4.72. The number of carbonyl (C=O) groups excluding carboxylic acids is 1. The first-order valence-corrected chi connectivity index (χ1v) is 4.65. The zero-order chi connectivity index (χ0) is 12.5. The topological polar surface area (TPSA) is 153 Å². The van der Waals surface area contributed by atoms with E-state index in [9.17, 15) is 20.1 Å². The number of Topliss-reactive ketones (excluding diaryl/α,β-unsaturated/α-hetero) is 1. The Kier molecular flexibility index (Phi) is 3.97. The van der Waals surface area contributed by atoms with Gasteiger partial charge in [-0.2, -0.15) is 0 Å². The first kappa shape index (κ1) is 13.5. The van der Waals surface area contributed by atoms with E-state index in [0.29, 0.717) is 0 Å². The minimum Gasteiger partial charge on any atom is -0.394 e. The highest BCUT2D eigenvalue weighted by Crippen LogP contribution is 2.27. The number of aliphatic hydroxyl groups excluding tert-OH is 4. The lowest BCUT2D eigenvalue weighted by Gasteiger charge is -2.44. The first-order chi connectivity index (χ1) is 7.38. The van der Waals surface area contributed by atoms with Crippen molar-refractivity contribution >= 4 is 5.78 Å². The summed E-state index contributed by atoms with van der Waals surface area (Å²) in [5.74, 6) is -3.76. The number of ether oxygens (including phenoxy) is 1. The number of aliphatic hydroxyl groups is 5. The van der Waals surface area contributed by atoms with E-state index in [1.165, 1.54) is 0 Å². The standard InChI is InChI=1S/C8H15NO7/c9-7-6(14)5(13)3(1-10)16-8(7,15)4(12)2-11/h3,5-7,10-11,13-15H,1-2,9H2/t3-,5-,6+,7+,8?/m1/s1. The molecule has 1 aliphatic rings. The third-order valence-corrected chi connectivity index (χ3v) is 2.60. The highest BCUT2D eigenvalue weighted by molar-refractivity contribution is 5.87. The molecule has 0 aromatic heterocycles. The second-order valence-corrected chi connectivity index (χ2v) is 3.62. The molecule has 1 unspecified atom stereocenters. The number of hydrogen-bond donors (Lipinski definition) is 6. The molecule has 0 aliphatic carbocycles. The van der Waals surface area contributed by atoms with E-state index in [1.54, 1.807) is 0 Å². The molecule has 1 heterocycles. The minimum absolute atomic E-state index is 0.716. The van der Waals surface area contributed by atoms with Crippen LogP contribution in [0.25, 0.3) is 0 Å². The maximum Gasteiger partial charge on any atom is 0.247 e. The molecule has 0 bridgehead atoms. The lowest BCUT2D eigenvalue weighted by Crippen LogP contribution is -2.71. The van der Waals surface area contributed by atoms with Gasteiger partial charge in [-0.3, -0.25) is 4.79 Å². The van der Waals surface area contributed by atoms with Crippen molar-refractivity contribution < 1.29 is 35.1 Å². The second-order valence-electron chi connectivity index (χ2n) is 3.62. The van der Waals surface area contributed by atoms with Crippen LogP contribution in [0, 0.1) is 0 Å². The Morgan fingerprint density at radius 1 is 1.31 bits per heavy atom. The van der Waals surface area contributed by atoms with Crippen molar-refractivity contribution in [2.24, 2.45) is 5.73 Å². The smallest absolute Gasteiger partial charge is 0.247 e. The van der Waals surface area contributed by atoms with Gasteiger partial charge in [-0.05, 0) is 0 Å². The van der Waals surface area contributed by atoms with Gasteiger partial charge in [-0.25, -0.2) is 0 Å². The Labute approximate surface area is 90.9 Å². The summed E-state index contributed by atoms with van der Waals surface area (Å²) in [6.07, 6.45) is -4.52. The van der Waals surface area contributed by atoms with E-state index in [4.69, 9.17) is 20.7 Å². The summed E-state index contributed by atoms with van der Waals surface area (Å²) < 4.78 is 4.73. The Morgan fingerprint density at radius 2 is 1.88 bits per heavy atom. The average molecular weight is 237 g/mol. The van der Waals surface area contributed by atoms with E-state index < -0.39 is 49.1 Å². The van der Waals surface area contributed by atoms with Crippen LogP contribution in [0.5, 0.6) is 0 Å². The number of hydrogen-bond acceptors (Lipinski definition) is 8. The van der Waals surface area contributed by atoms with Gasteiger partial charge in [0.25, 0.3) is 0 Å². The summed E-state index contributed by atoms with van der Waals surface area (Å²) in [5, 5.41) is 46.1. The quantitative estimate of drug-likeness (QED) is 0.288. The predicted octanol–water partition coefficient (Wildman–Crippen LogP) is -4.32. The molecule has 0 aromatic rings. The molecule has 5 atom stereocenters. The molecule has 0 amide bonds. The lowest BCUT2D eigenvalue weighted by molar-refractivity contribution is -0.298. The molecule has 0 saturated carbocycles. The van der Waals surface area contributed by atoms with Gasteiger partial charge in [0.2, 0.25) is 11.6 Å². The molecule has 8 heteroatoms. The van der Waals surface area contributed by atoms with Crippen LogP contribution in [0.3, 0.4) is 0 Å². The number of ketones is 1. The maximum atomic E-state index is 11.2. The van der Waals surface area contributed by atoms with E-state index in [0.717, 1.165) is 0 Å². The van der Waals surface area contributed by atoms with Crippen molar-refractivity contribution in [3.8, 4) is 0 Å². The normalized spacial score (nSPS) is 44.4. The van der Waals surface area contributed by atoms with Gasteiger partial charge in [0.1, 0.15) is 24.9 Å². The first-order valence-electron chi connectivity index (χ1n) is 4.65. The van der Waals surface area contributed by atoms with Crippen LogP contribution in [-0.2, 0) is 9.53 Å². The van der Waals surface area contributed by atoms with Gasteiger partial charge in [0, 0.05) is 0 Å². The summed E-state index contributed by atoms with van der Waals surface area (Å²) >= 11 is 0. The molecule has 8 nitrogen and oxygen atoms in total. The van der Waals surface area contributed by atoms with Crippen LogP contribution in [-0.4, -0.2) is 74.7 Å². The van der Waals surface area contributed by atoms with Crippen molar-refractivity contribution in [2.45, 2.75) is 30.1 Å². The Balaban J connectivity index is 2.98. The Bertz CT molecular complexity index is 271. The molecule has 1 rings (SSSR count). The summed E-state index contributed by atoms with van der Waals surface area (Å²) in [4.78, 5) is 11.2. The third kappa shape index (κ3) is 1.96. The van der Waals surface area contributed by atoms with Gasteiger partial charge < -0.3 is 36.0 Å². The molecule has 1 saturated heterocycles. The molecular weight excluding hydrogens is 222 g/mol. The molecule has 94 valence electrons. The van der Waals surface area contributed by atoms with E-state index in [2.05, 4.69) is 0 Å². The van der Waals surface area contributed by atoms with Gasteiger partial charge in [-0.1, -0.05) is 0 Å². The maximum absolute atomic E-state index is 11.2. The third-order valence-electron chi connectivity index (χ3n) is 2.60. The molecule has 0 spiro atoms. The highest BCUT2D eigenvalue weighted by atomic mass is 16.7. The van der Waals surface area contributed by atoms with Crippen molar-refractivity contribution in [1.29, 1.82) is 0 Å². The Hall–Kier alpha value is -0.610. The monoisotopic (exact) mass is 237 g/mol. The van der Waals surface area contributed by atoms with Crippen molar-refractivity contribution in [1.82, 2.24) is 0 Å². The van der Waals surface area contributed by atoms with E-state index >= 15 is 0 Å². The molecule has 7 N–H and O–H groups in total. The number of rotatable bonds is 3. The summed E-state index contributed by atoms with van der Waals surface area (Å²) in [6, 6.07) is -1.61. The van der Waals surface area contributed by atoms with E-state index in [-0.39, 0.29) is 0 Å². The fourth-order valence-electron chi connectivity index (χ4n) is 1.55. The van der Waals surface area contributed by atoms with Gasteiger partial charge >= 0.3 is 0 Å². The molecule has 0 aromatic carbocycles. The van der Waals surface area contributed by atoms with Gasteiger partial charge in [0.15, 0.2) is 0 Å². The fraction of sp³-hybridized carbons (Fsp3) is 0.875. The zero-order valence-electron chi connectivity index (χ0n) is 8.35. The molecular formula is C8H15NO7. The van der Waals surface area contributed by atoms with Crippen LogP contribution in [0.4, 0.5) is 0 Å². The summed E-state index contributed by atoms with van der Waals surface area (Å²) in [5.41, 5.74) is 5.34. The average Bonchev–Trinajstić information content (AvgIpc) is 2.30. The van der Waals surface area contributed by atoms with Crippen LogP contribution >= 0.6 is 0 Å². The van der Waals surface area contributed by atoms with Crippen molar-refractivity contribution in [3.63, 3.8) is 0 Å². The number of carbonyl (C=O) groups is 1. The van der Waals surface area contributed by atoms with Gasteiger partial charge in [-0.15, -0.1) is 0 Å². The van der Waals surface area contributed by atoms with Crippen molar-refractivity contribution in [3.05, 3.63) is 0 Å². The minimum atomic E-state index is -2.61. The predicted molar refractivity (Wildman–Crippen MR) is 49.0 cm³/mol. The largest absolute Gasteiger partial charge is 0.394 e. The van der Waals surface area contributed by atoms with Crippen LogP contribution in [0.15, 0.2) is 0 Å². The molecule has 16 heavy (non-hydrogen) atoms. The van der Waals surface area contributed by atoms with Crippen LogP contribution < -0.4 is 5.73 Å². The SMILES string of the molecule is N[C@H]1[C@@H](O)[C@H](O)[C@@H](CO)OC1(O)C(=O)CO. The molecule has 0 radical (unpaired) electrons. The van der Waals surface area contributed by atoms with Crippen LogP contribution in [0.1, 0.15) is 0 Å². The molecule has 1 fully saturated rings. The van der Waals surface area contributed by atoms with Crippen LogP contribution in [0.2, 0.25) is 0 Å². The fourth-order valence-corrected chi connectivity index (χ4v) is 1.55. The Morgan fingerprint density at radius 3 is 2.31 bits per heavy atom. The summed E-state index contributed by atoms with van der Waals surface area (Å²) in [7, 11) is 0. The summed E-state index contributed by atoms with van der Waals surface area (Å²) in [6.45, 7) is -1.75.